The topological polar surface area (TPSA) is 61.9 Å². The van der Waals surface area contributed by atoms with E-state index in [-0.39, 0.29) is 11.8 Å². The van der Waals surface area contributed by atoms with E-state index in [2.05, 4.69) is 34.5 Å². The number of carbonyl (C=O) groups excluding carboxylic acids is 2. The molecule has 6 nitrogen and oxygen atoms in total. The Kier molecular flexibility index (Phi) is 8.00. The molecule has 1 aliphatic heterocycles. The van der Waals surface area contributed by atoms with Gasteiger partial charge in [-0.2, -0.15) is 0 Å². The van der Waals surface area contributed by atoms with Crippen molar-refractivity contribution in [3.63, 3.8) is 0 Å². The van der Waals surface area contributed by atoms with Gasteiger partial charge in [-0.3, -0.25) is 4.79 Å². The van der Waals surface area contributed by atoms with Crippen LogP contribution >= 0.6 is 0 Å². The second-order valence-corrected chi connectivity index (χ2v) is 9.07. The highest BCUT2D eigenvalue weighted by molar-refractivity contribution is 5.79. The first-order valence-electron chi connectivity index (χ1n) is 12.2. The highest BCUT2D eigenvalue weighted by atomic mass is 16.5. The number of nitrogens with one attached hydrogen (secondary N) is 1. The Labute approximate surface area is 196 Å². The molecule has 0 radical (unpaired) electrons. The maximum atomic E-state index is 12.4. The number of piperidine rings is 1. The van der Waals surface area contributed by atoms with E-state index in [9.17, 15) is 9.59 Å². The van der Waals surface area contributed by atoms with Crippen molar-refractivity contribution in [2.45, 2.75) is 38.0 Å². The Bertz CT molecular complexity index is 910. The number of likely N-dealkylation sites (tertiary alicyclic amines) is 1. The second-order valence-electron chi connectivity index (χ2n) is 9.07. The molecule has 6 heteroatoms. The molecule has 2 aromatic carbocycles. The molecule has 0 aromatic heterocycles. The third-order valence-corrected chi connectivity index (χ3v) is 6.80. The molecule has 0 atom stereocenters. The average Bonchev–Trinajstić information content (AvgIpc) is 3.18. The SMILES string of the molecule is CN(CCCNC(=O)OCC1c2ccccc2-c2ccccc21)C(=O)CCN1CCCCC1. The molecular formula is C27H35N3O3. The lowest BCUT2D eigenvalue weighted by Crippen LogP contribution is -2.36. The standard InChI is InChI=1S/C27H35N3O3/c1-29(26(31)14-19-30-17-7-2-8-18-30)16-9-15-28-27(32)33-20-25-23-12-5-3-10-21(23)22-11-4-6-13-24(22)25/h3-6,10-13,25H,2,7-9,14-20H2,1H3,(H,28,32). The molecular weight excluding hydrogens is 414 g/mol. The molecule has 1 heterocycles. The van der Waals surface area contributed by atoms with Crippen molar-refractivity contribution >= 4 is 12.0 Å². The Morgan fingerprint density at radius 2 is 1.64 bits per heavy atom. The number of alkyl carbamates (subject to hydrolysis) is 1. The van der Waals surface area contributed by atoms with Gasteiger partial charge in [-0.05, 0) is 54.6 Å². The van der Waals surface area contributed by atoms with Crippen molar-refractivity contribution in [1.29, 1.82) is 0 Å². The summed E-state index contributed by atoms with van der Waals surface area (Å²) < 4.78 is 5.56. The normalized spacial score (nSPS) is 15.5. The van der Waals surface area contributed by atoms with Gasteiger partial charge in [0.25, 0.3) is 0 Å². The number of ether oxygens (including phenoxy) is 1. The summed E-state index contributed by atoms with van der Waals surface area (Å²) in [6.07, 6.45) is 4.65. The molecule has 2 amide bonds. The maximum absolute atomic E-state index is 12.4. The highest BCUT2D eigenvalue weighted by Crippen LogP contribution is 2.44. The van der Waals surface area contributed by atoms with Crippen LogP contribution in [0.15, 0.2) is 48.5 Å². The number of hydrogen-bond acceptors (Lipinski definition) is 4. The molecule has 1 saturated heterocycles. The molecule has 0 saturated carbocycles. The van der Waals surface area contributed by atoms with Gasteiger partial charge in [-0.15, -0.1) is 0 Å². The van der Waals surface area contributed by atoms with Crippen molar-refractivity contribution in [3.05, 3.63) is 59.7 Å². The lowest BCUT2D eigenvalue weighted by Gasteiger charge is -2.27. The fourth-order valence-electron chi connectivity index (χ4n) is 4.91. The van der Waals surface area contributed by atoms with Gasteiger partial charge < -0.3 is 19.9 Å². The van der Waals surface area contributed by atoms with E-state index in [1.54, 1.807) is 4.90 Å². The van der Waals surface area contributed by atoms with Gasteiger partial charge in [-0.25, -0.2) is 4.79 Å². The Morgan fingerprint density at radius 3 is 2.30 bits per heavy atom. The van der Waals surface area contributed by atoms with Gasteiger partial charge in [0.05, 0.1) is 0 Å². The van der Waals surface area contributed by atoms with Crippen LogP contribution in [-0.4, -0.2) is 68.2 Å². The van der Waals surface area contributed by atoms with E-state index in [1.807, 2.05) is 31.3 Å². The average molecular weight is 450 g/mol. The number of fused-ring (bicyclic) bond motifs is 3. The summed E-state index contributed by atoms with van der Waals surface area (Å²) in [4.78, 5) is 28.8. The molecule has 176 valence electrons. The molecule has 33 heavy (non-hydrogen) atoms. The Hall–Kier alpha value is -2.86. The van der Waals surface area contributed by atoms with Gasteiger partial charge in [0.15, 0.2) is 0 Å². The first-order chi connectivity index (χ1) is 16.1. The minimum atomic E-state index is -0.407. The number of nitrogens with zero attached hydrogens (tertiary/aromatic N) is 2. The molecule has 1 fully saturated rings. The molecule has 0 unspecified atom stereocenters. The number of carbonyl (C=O) groups is 2. The van der Waals surface area contributed by atoms with Gasteiger partial charge in [0.1, 0.15) is 6.61 Å². The maximum Gasteiger partial charge on any atom is 0.407 e. The minimum absolute atomic E-state index is 0.0619. The van der Waals surface area contributed by atoms with Crippen molar-refractivity contribution in [2.24, 2.45) is 0 Å². The number of hydrogen-bond donors (Lipinski definition) is 1. The number of rotatable bonds is 9. The first-order valence-corrected chi connectivity index (χ1v) is 12.2. The highest BCUT2D eigenvalue weighted by Gasteiger charge is 2.28. The van der Waals surface area contributed by atoms with Crippen LogP contribution in [0.4, 0.5) is 4.79 Å². The van der Waals surface area contributed by atoms with Crippen molar-refractivity contribution < 1.29 is 14.3 Å². The van der Waals surface area contributed by atoms with Gasteiger partial charge in [0.2, 0.25) is 5.91 Å². The predicted molar refractivity (Wildman–Crippen MR) is 130 cm³/mol. The molecule has 2 aromatic rings. The number of benzene rings is 2. The fraction of sp³-hybridized carbons (Fsp3) is 0.481. The van der Waals surface area contributed by atoms with E-state index in [0.717, 1.165) is 19.6 Å². The van der Waals surface area contributed by atoms with Crippen molar-refractivity contribution in [1.82, 2.24) is 15.1 Å². The minimum Gasteiger partial charge on any atom is -0.449 e. The lowest BCUT2D eigenvalue weighted by atomic mass is 9.98. The quantitative estimate of drug-likeness (QED) is 0.582. The lowest BCUT2D eigenvalue weighted by molar-refractivity contribution is -0.130. The summed E-state index contributed by atoms with van der Waals surface area (Å²) in [5, 5.41) is 2.83. The van der Waals surface area contributed by atoms with E-state index < -0.39 is 6.09 Å². The van der Waals surface area contributed by atoms with Crippen LogP contribution in [0.2, 0.25) is 0 Å². The summed E-state index contributed by atoms with van der Waals surface area (Å²) in [7, 11) is 1.84. The zero-order chi connectivity index (χ0) is 23.0. The smallest absolute Gasteiger partial charge is 0.407 e. The zero-order valence-electron chi connectivity index (χ0n) is 19.6. The molecule has 4 rings (SSSR count). The summed E-state index contributed by atoms with van der Waals surface area (Å²) in [5.41, 5.74) is 4.84. The third-order valence-electron chi connectivity index (χ3n) is 6.80. The van der Waals surface area contributed by atoms with E-state index in [1.165, 1.54) is 41.5 Å². The first kappa shape index (κ1) is 23.3. The van der Waals surface area contributed by atoms with Crippen LogP contribution in [0.3, 0.4) is 0 Å². The van der Waals surface area contributed by atoms with E-state index >= 15 is 0 Å². The summed E-state index contributed by atoms with van der Waals surface area (Å²) in [5.74, 6) is 0.230. The third kappa shape index (κ3) is 5.93. The van der Waals surface area contributed by atoms with Gasteiger partial charge in [-0.1, -0.05) is 55.0 Å². The van der Waals surface area contributed by atoms with E-state index in [0.29, 0.717) is 32.5 Å². The van der Waals surface area contributed by atoms with Crippen LogP contribution in [-0.2, 0) is 9.53 Å². The van der Waals surface area contributed by atoms with Crippen LogP contribution in [0.5, 0.6) is 0 Å². The van der Waals surface area contributed by atoms with E-state index in [4.69, 9.17) is 4.74 Å². The molecule has 1 N–H and O–H groups in total. The van der Waals surface area contributed by atoms with Crippen LogP contribution in [0.25, 0.3) is 11.1 Å². The predicted octanol–water partition coefficient (Wildman–Crippen LogP) is 4.25. The van der Waals surface area contributed by atoms with Crippen molar-refractivity contribution in [3.8, 4) is 11.1 Å². The summed E-state index contributed by atoms with van der Waals surface area (Å²) in [6, 6.07) is 16.6. The van der Waals surface area contributed by atoms with Crippen LogP contribution in [0.1, 0.15) is 49.1 Å². The monoisotopic (exact) mass is 449 g/mol. The second kappa shape index (κ2) is 11.3. The molecule has 2 aliphatic rings. The Balaban J connectivity index is 1.15. The van der Waals surface area contributed by atoms with Crippen molar-refractivity contribution in [2.75, 3.05) is 46.4 Å². The van der Waals surface area contributed by atoms with Gasteiger partial charge in [0, 0.05) is 39.0 Å². The molecule has 1 aliphatic carbocycles. The largest absolute Gasteiger partial charge is 0.449 e. The Morgan fingerprint density at radius 1 is 1.00 bits per heavy atom. The van der Waals surface area contributed by atoms with Crippen LogP contribution in [0, 0.1) is 0 Å². The fourth-order valence-corrected chi connectivity index (χ4v) is 4.91. The molecule has 0 bridgehead atoms. The summed E-state index contributed by atoms with van der Waals surface area (Å²) >= 11 is 0. The molecule has 0 spiro atoms. The summed E-state index contributed by atoms with van der Waals surface area (Å²) in [6.45, 7) is 4.50. The zero-order valence-corrected chi connectivity index (χ0v) is 19.6. The van der Waals surface area contributed by atoms with Gasteiger partial charge >= 0.3 is 6.09 Å². The van der Waals surface area contributed by atoms with Crippen LogP contribution < -0.4 is 5.32 Å². The number of amides is 2.